The number of amides is 1. The molecule has 1 aromatic rings. The Kier molecular flexibility index (Phi) is 5.18. The predicted octanol–water partition coefficient (Wildman–Crippen LogP) is -0.106. The molecule has 0 aromatic carbocycles. The molecule has 3 heterocycles. The Hall–Kier alpha value is -1.73. The van der Waals surface area contributed by atoms with Crippen LogP contribution in [0.25, 0.3) is 0 Å². The second-order valence-corrected chi connectivity index (χ2v) is 5.67. The van der Waals surface area contributed by atoms with Crippen LogP contribution in [0.4, 0.5) is 5.95 Å². The summed E-state index contributed by atoms with van der Waals surface area (Å²) in [5.74, 6) is 0.932. The molecule has 2 aliphatic rings. The lowest BCUT2D eigenvalue weighted by molar-refractivity contribution is -0.134. The Labute approximate surface area is 130 Å². The number of nitrogens with one attached hydrogen (secondary N) is 1. The molecular formula is C15H23N5O2. The molecule has 0 spiro atoms. The molecule has 1 atom stereocenters. The Balaban J connectivity index is 1.52. The number of ether oxygens (including phenoxy) is 1. The maximum Gasteiger partial charge on any atom is 0.225 e. The highest BCUT2D eigenvalue weighted by Crippen LogP contribution is 2.12. The number of morpholine rings is 1. The molecule has 3 rings (SSSR count). The van der Waals surface area contributed by atoms with E-state index in [-0.39, 0.29) is 12.0 Å². The van der Waals surface area contributed by atoms with E-state index >= 15 is 0 Å². The van der Waals surface area contributed by atoms with Crippen molar-refractivity contribution in [2.75, 3.05) is 50.8 Å². The molecule has 0 unspecified atom stereocenters. The second-order valence-electron chi connectivity index (χ2n) is 5.67. The third kappa shape index (κ3) is 3.92. The van der Waals surface area contributed by atoms with Crippen LogP contribution in [0.1, 0.15) is 12.8 Å². The third-order valence-electron chi connectivity index (χ3n) is 4.09. The lowest BCUT2D eigenvalue weighted by atomic mass is 10.2. The molecule has 0 aliphatic carbocycles. The monoisotopic (exact) mass is 305 g/mol. The minimum atomic E-state index is 0.0121. The predicted molar refractivity (Wildman–Crippen MR) is 82.7 cm³/mol. The zero-order valence-electron chi connectivity index (χ0n) is 12.8. The van der Waals surface area contributed by atoms with E-state index in [1.54, 1.807) is 12.4 Å². The van der Waals surface area contributed by atoms with Gasteiger partial charge in [0.2, 0.25) is 11.9 Å². The fourth-order valence-electron chi connectivity index (χ4n) is 2.90. The van der Waals surface area contributed by atoms with Gasteiger partial charge in [0.05, 0.1) is 19.1 Å². The minimum Gasteiger partial charge on any atom is -0.375 e. The highest BCUT2D eigenvalue weighted by Gasteiger charge is 2.24. The van der Waals surface area contributed by atoms with E-state index in [0.29, 0.717) is 13.0 Å². The maximum absolute atomic E-state index is 12.4. The van der Waals surface area contributed by atoms with Gasteiger partial charge in [-0.2, -0.15) is 0 Å². The number of carbonyl (C=O) groups is 1. The topological polar surface area (TPSA) is 70.6 Å². The van der Waals surface area contributed by atoms with Crippen molar-refractivity contribution in [2.45, 2.75) is 18.9 Å². The smallest absolute Gasteiger partial charge is 0.225 e. The van der Waals surface area contributed by atoms with Gasteiger partial charge in [0.15, 0.2) is 0 Å². The van der Waals surface area contributed by atoms with Gasteiger partial charge in [-0.25, -0.2) is 9.97 Å². The molecule has 120 valence electrons. The van der Waals surface area contributed by atoms with E-state index in [1.165, 1.54) is 0 Å². The fourth-order valence-corrected chi connectivity index (χ4v) is 2.90. The Morgan fingerprint density at radius 1 is 1.27 bits per heavy atom. The summed E-state index contributed by atoms with van der Waals surface area (Å²) < 4.78 is 5.62. The van der Waals surface area contributed by atoms with Crippen LogP contribution in [0.2, 0.25) is 0 Å². The van der Waals surface area contributed by atoms with E-state index in [1.807, 2.05) is 11.0 Å². The standard InChI is InChI=1S/C15H23N5O2/c21-14(11-13-12-16-5-10-22-13)19-6-2-7-20(9-8-19)15-17-3-1-4-18-15/h1,3-4,13,16H,2,5-12H2/t13-/m1/s1. The first-order valence-corrected chi connectivity index (χ1v) is 7.95. The van der Waals surface area contributed by atoms with Crippen LogP contribution in [-0.4, -0.2) is 72.8 Å². The summed E-state index contributed by atoms with van der Waals surface area (Å²) in [6.07, 6.45) is 4.92. The van der Waals surface area contributed by atoms with Crippen molar-refractivity contribution in [1.82, 2.24) is 20.2 Å². The number of anilines is 1. The second kappa shape index (κ2) is 7.51. The van der Waals surface area contributed by atoms with Gasteiger partial charge in [0.1, 0.15) is 0 Å². The van der Waals surface area contributed by atoms with Gasteiger partial charge >= 0.3 is 0 Å². The van der Waals surface area contributed by atoms with Crippen LogP contribution in [0.15, 0.2) is 18.5 Å². The summed E-state index contributed by atoms with van der Waals surface area (Å²) in [4.78, 5) is 25.1. The molecule has 22 heavy (non-hydrogen) atoms. The van der Waals surface area contributed by atoms with Crippen LogP contribution in [0, 0.1) is 0 Å². The van der Waals surface area contributed by atoms with Crippen LogP contribution >= 0.6 is 0 Å². The summed E-state index contributed by atoms with van der Waals surface area (Å²) in [5.41, 5.74) is 0. The lowest BCUT2D eigenvalue weighted by Gasteiger charge is -2.27. The van der Waals surface area contributed by atoms with E-state index in [2.05, 4.69) is 20.2 Å². The Morgan fingerprint density at radius 2 is 2.14 bits per heavy atom. The van der Waals surface area contributed by atoms with E-state index < -0.39 is 0 Å². The number of hydrogen-bond donors (Lipinski definition) is 1. The first kappa shape index (κ1) is 15.2. The summed E-state index contributed by atoms with van der Waals surface area (Å²) in [6, 6.07) is 1.81. The lowest BCUT2D eigenvalue weighted by Crippen LogP contribution is -2.43. The first-order valence-electron chi connectivity index (χ1n) is 7.95. The number of nitrogens with zero attached hydrogens (tertiary/aromatic N) is 4. The summed E-state index contributed by atoms with van der Waals surface area (Å²) in [7, 11) is 0. The molecular weight excluding hydrogens is 282 g/mol. The van der Waals surface area contributed by atoms with Gasteiger partial charge in [-0.15, -0.1) is 0 Å². The molecule has 0 bridgehead atoms. The van der Waals surface area contributed by atoms with Crippen molar-refractivity contribution in [3.8, 4) is 0 Å². The zero-order valence-corrected chi connectivity index (χ0v) is 12.8. The van der Waals surface area contributed by atoms with Gasteiger partial charge < -0.3 is 19.9 Å². The molecule has 2 fully saturated rings. The van der Waals surface area contributed by atoms with Gasteiger partial charge in [-0.05, 0) is 12.5 Å². The normalized spacial score (nSPS) is 23.2. The van der Waals surface area contributed by atoms with Gasteiger partial charge in [-0.3, -0.25) is 4.79 Å². The van der Waals surface area contributed by atoms with Crippen molar-refractivity contribution in [3.05, 3.63) is 18.5 Å². The number of aromatic nitrogens is 2. The Bertz CT molecular complexity index is 478. The molecule has 0 radical (unpaired) electrons. The number of carbonyl (C=O) groups excluding carboxylic acids is 1. The molecule has 0 saturated carbocycles. The fraction of sp³-hybridized carbons (Fsp3) is 0.667. The molecule has 1 N–H and O–H groups in total. The van der Waals surface area contributed by atoms with Crippen LogP contribution < -0.4 is 10.2 Å². The zero-order chi connectivity index (χ0) is 15.2. The minimum absolute atomic E-state index is 0.0121. The largest absolute Gasteiger partial charge is 0.375 e. The summed E-state index contributed by atoms with van der Waals surface area (Å²) >= 11 is 0. The van der Waals surface area contributed by atoms with Crippen LogP contribution in [0.5, 0.6) is 0 Å². The van der Waals surface area contributed by atoms with Gasteiger partial charge in [0.25, 0.3) is 0 Å². The van der Waals surface area contributed by atoms with Crippen LogP contribution in [-0.2, 0) is 9.53 Å². The third-order valence-corrected chi connectivity index (χ3v) is 4.09. The molecule has 1 amide bonds. The molecule has 7 heteroatoms. The molecule has 1 aromatic heterocycles. The van der Waals surface area contributed by atoms with E-state index in [4.69, 9.17) is 4.74 Å². The quantitative estimate of drug-likeness (QED) is 0.840. The first-order chi connectivity index (χ1) is 10.8. The summed E-state index contributed by atoms with van der Waals surface area (Å²) in [5, 5.41) is 3.26. The van der Waals surface area contributed by atoms with Gasteiger partial charge in [0, 0.05) is 51.7 Å². The van der Waals surface area contributed by atoms with Crippen molar-refractivity contribution >= 4 is 11.9 Å². The highest BCUT2D eigenvalue weighted by molar-refractivity contribution is 5.76. The van der Waals surface area contributed by atoms with Gasteiger partial charge in [-0.1, -0.05) is 0 Å². The average Bonchev–Trinajstić information content (AvgIpc) is 2.83. The summed E-state index contributed by atoms with van der Waals surface area (Å²) in [6.45, 7) is 5.51. The van der Waals surface area contributed by atoms with Crippen LogP contribution in [0.3, 0.4) is 0 Å². The average molecular weight is 305 g/mol. The van der Waals surface area contributed by atoms with Crippen molar-refractivity contribution in [1.29, 1.82) is 0 Å². The van der Waals surface area contributed by atoms with E-state index in [0.717, 1.165) is 51.6 Å². The molecule has 2 saturated heterocycles. The Morgan fingerprint density at radius 3 is 2.91 bits per heavy atom. The van der Waals surface area contributed by atoms with Crippen molar-refractivity contribution < 1.29 is 9.53 Å². The molecule has 7 nitrogen and oxygen atoms in total. The van der Waals surface area contributed by atoms with Crippen molar-refractivity contribution in [2.24, 2.45) is 0 Å². The highest BCUT2D eigenvalue weighted by atomic mass is 16.5. The number of hydrogen-bond acceptors (Lipinski definition) is 6. The SMILES string of the molecule is O=C(C[C@@H]1CNCCO1)N1CCCN(c2ncccn2)CC1. The molecule has 2 aliphatic heterocycles. The maximum atomic E-state index is 12.4. The van der Waals surface area contributed by atoms with E-state index in [9.17, 15) is 4.79 Å². The number of rotatable bonds is 3. The van der Waals surface area contributed by atoms with Crippen molar-refractivity contribution in [3.63, 3.8) is 0 Å².